The van der Waals surface area contributed by atoms with Gasteiger partial charge in [0.2, 0.25) is 5.91 Å². The van der Waals surface area contributed by atoms with E-state index in [0.717, 1.165) is 26.2 Å². The predicted octanol–water partition coefficient (Wildman–Crippen LogP) is 2.23. The summed E-state index contributed by atoms with van der Waals surface area (Å²) >= 11 is 0. The lowest BCUT2D eigenvalue weighted by Gasteiger charge is -2.33. The summed E-state index contributed by atoms with van der Waals surface area (Å²) < 4.78 is 0. The van der Waals surface area contributed by atoms with Crippen molar-refractivity contribution < 1.29 is 4.79 Å². The van der Waals surface area contributed by atoms with E-state index in [2.05, 4.69) is 16.7 Å². The van der Waals surface area contributed by atoms with E-state index in [1.54, 1.807) is 0 Å². The van der Waals surface area contributed by atoms with E-state index in [0.29, 0.717) is 24.4 Å². The number of rotatable bonds is 5. The molecule has 1 aliphatic heterocycles. The number of nitrogens with two attached hydrogens (primary N) is 1. The molecule has 4 heteroatoms. The van der Waals surface area contributed by atoms with Crippen molar-refractivity contribution in [3.8, 4) is 0 Å². The first-order valence-electron chi connectivity index (χ1n) is 8.98. The van der Waals surface area contributed by atoms with Crippen molar-refractivity contribution in [1.29, 1.82) is 0 Å². The monoisotopic (exact) mass is 295 g/mol. The Morgan fingerprint density at radius 2 is 1.76 bits per heavy atom. The summed E-state index contributed by atoms with van der Waals surface area (Å²) in [6.45, 7) is 6.41. The molecule has 1 saturated heterocycles. The Labute approximate surface area is 130 Å². The van der Waals surface area contributed by atoms with E-state index in [1.807, 2.05) is 0 Å². The standard InChI is InChI=1S/C17H33N3O/c1-2-19(16-10-8-9-15(16)13-18)14-17(21)20-11-6-4-3-5-7-12-20/h15-16H,2-14,18H2,1H3. The molecule has 0 spiro atoms. The van der Waals surface area contributed by atoms with Crippen LogP contribution >= 0.6 is 0 Å². The van der Waals surface area contributed by atoms with Crippen LogP contribution in [0.3, 0.4) is 0 Å². The Kier molecular flexibility index (Phi) is 6.97. The van der Waals surface area contributed by atoms with Gasteiger partial charge in [0.1, 0.15) is 0 Å². The third kappa shape index (κ3) is 4.68. The SMILES string of the molecule is CCN(CC(=O)N1CCCCCCC1)C1CCCC1CN. The van der Waals surface area contributed by atoms with E-state index < -0.39 is 0 Å². The molecule has 2 unspecified atom stereocenters. The van der Waals surface area contributed by atoms with Crippen LogP contribution in [0.25, 0.3) is 0 Å². The highest BCUT2D eigenvalue weighted by molar-refractivity contribution is 5.78. The molecule has 0 aromatic heterocycles. The molecule has 4 nitrogen and oxygen atoms in total. The second-order valence-electron chi connectivity index (χ2n) is 6.71. The number of nitrogens with zero attached hydrogens (tertiary/aromatic N) is 2. The van der Waals surface area contributed by atoms with E-state index in [4.69, 9.17) is 5.73 Å². The first-order chi connectivity index (χ1) is 10.3. The minimum atomic E-state index is 0.335. The number of likely N-dealkylation sites (N-methyl/N-ethyl adjacent to an activating group) is 1. The van der Waals surface area contributed by atoms with Crippen LogP contribution in [0.2, 0.25) is 0 Å². The first kappa shape index (κ1) is 16.8. The molecular formula is C17H33N3O. The average molecular weight is 295 g/mol. The van der Waals surface area contributed by atoms with Gasteiger partial charge in [-0.25, -0.2) is 0 Å². The third-order valence-electron chi connectivity index (χ3n) is 5.34. The molecule has 2 atom stereocenters. The fraction of sp³-hybridized carbons (Fsp3) is 0.941. The Bertz CT molecular complexity index is 313. The van der Waals surface area contributed by atoms with Gasteiger partial charge in [0.25, 0.3) is 0 Å². The zero-order chi connectivity index (χ0) is 15.1. The largest absolute Gasteiger partial charge is 0.342 e. The molecule has 1 heterocycles. The van der Waals surface area contributed by atoms with Crippen molar-refractivity contribution in [3.05, 3.63) is 0 Å². The van der Waals surface area contributed by atoms with Crippen molar-refractivity contribution in [2.75, 3.05) is 32.7 Å². The number of amides is 1. The number of hydrogen-bond acceptors (Lipinski definition) is 3. The second kappa shape index (κ2) is 8.74. The van der Waals surface area contributed by atoms with Gasteiger partial charge in [0.15, 0.2) is 0 Å². The molecule has 0 bridgehead atoms. The highest BCUT2D eigenvalue weighted by Crippen LogP contribution is 2.29. The van der Waals surface area contributed by atoms with Crippen LogP contribution in [-0.4, -0.2) is 54.5 Å². The molecular weight excluding hydrogens is 262 g/mol. The normalized spacial score (nSPS) is 27.7. The maximum absolute atomic E-state index is 12.6. The van der Waals surface area contributed by atoms with Crippen LogP contribution in [-0.2, 0) is 4.79 Å². The van der Waals surface area contributed by atoms with Gasteiger partial charge >= 0.3 is 0 Å². The molecule has 2 N–H and O–H groups in total. The Morgan fingerprint density at radius 1 is 1.10 bits per heavy atom. The lowest BCUT2D eigenvalue weighted by atomic mass is 10.0. The minimum Gasteiger partial charge on any atom is -0.342 e. The summed E-state index contributed by atoms with van der Waals surface area (Å²) in [5.74, 6) is 0.923. The second-order valence-corrected chi connectivity index (χ2v) is 6.71. The molecule has 0 radical (unpaired) electrons. The van der Waals surface area contributed by atoms with Gasteiger partial charge in [-0.2, -0.15) is 0 Å². The zero-order valence-electron chi connectivity index (χ0n) is 13.7. The van der Waals surface area contributed by atoms with Crippen LogP contribution in [0.4, 0.5) is 0 Å². The molecule has 21 heavy (non-hydrogen) atoms. The lowest BCUT2D eigenvalue weighted by Crippen LogP contribution is -2.47. The van der Waals surface area contributed by atoms with E-state index in [1.165, 1.54) is 51.4 Å². The van der Waals surface area contributed by atoms with Crippen LogP contribution in [0.1, 0.15) is 58.3 Å². The smallest absolute Gasteiger partial charge is 0.236 e. The topological polar surface area (TPSA) is 49.6 Å². The Morgan fingerprint density at radius 3 is 2.38 bits per heavy atom. The van der Waals surface area contributed by atoms with Crippen molar-refractivity contribution in [2.45, 2.75) is 64.3 Å². The lowest BCUT2D eigenvalue weighted by molar-refractivity contribution is -0.133. The van der Waals surface area contributed by atoms with Crippen molar-refractivity contribution in [2.24, 2.45) is 11.7 Å². The fourth-order valence-corrected chi connectivity index (χ4v) is 4.01. The maximum atomic E-state index is 12.6. The van der Waals surface area contributed by atoms with Gasteiger partial charge in [-0.15, -0.1) is 0 Å². The summed E-state index contributed by atoms with van der Waals surface area (Å²) in [5.41, 5.74) is 5.91. The Balaban J connectivity index is 1.88. The van der Waals surface area contributed by atoms with E-state index in [9.17, 15) is 4.79 Å². The van der Waals surface area contributed by atoms with Crippen LogP contribution in [0.5, 0.6) is 0 Å². The van der Waals surface area contributed by atoms with Crippen LogP contribution in [0.15, 0.2) is 0 Å². The molecule has 2 rings (SSSR count). The van der Waals surface area contributed by atoms with E-state index >= 15 is 0 Å². The Hall–Kier alpha value is -0.610. The van der Waals surface area contributed by atoms with Gasteiger partial charge in [-0.1, -0.05) is 32.6 Å². The molecule has 1 aliphatic carbocycles. The van der Waals surface area contributed by atoms with Crippen molar-refractivity contribution >= 4 is 5.91 Å². The molecule has 1 saturated carbocycles. The number of hydrogen-bond donors (Lipinski definition) is 1. The molecule has 0 aromatic carbocycles. The van der Waals surface area contributed by atoms with Gasteiger partial charge in [-0.05, 0) is 44.7 Å². The van der Waals surface area contributed by atoms with Gasteiger partial charge in [0, 0.05) is 19.1 Å². The highest BCUT2D eigenvalue weighted by Gasteiger charge is 2.32. The van der Waals surface area contributed by atoms with Gasteiger partial charge in [0.05, 0.1) is 6.54 Å². The first-order valence-corrected chi connectivity index (χ1v) is 8.98. The number of carbonyl (C=O) groups excluding carboxylic acids is 1. The van der Waals surface area contributed by atoms with Gasteiger partial charge < -0.3 is 10.6 Å². The van der Waals surface area contributed by atoms with Crippen LogP contribution < -0.4 is 5.73 Å². The zero-order valence-corrected chi connectivity index (χ0v) is 13.7. The molecule has 2 fully saturated rings. The van der Waals surface area contributed by atoms with Crippen molar-refractivity contribution in [3.63, 3.8) is 0 Å². The predicted molar refractivity (Wildman–Crippen MR) is 87.1 cm³/mol. The molecule has 122 valence electrons. The maximum Gasteiger partial charge on any atom is 0.236 e. The summed E-state index contributed by atoms with van der Waals surface area (Å²) in [6.07, 6.45) is 9.95. The number of carbonyl (C=O) groups is 1. The minimum absolute atomic E-state index is 0.335. The molecule has 1 amide bonds. The quantitative estimate of drug-likeness (QED) is 0.846. The third-order valence-corrected chi connectivity index (χ3v) is 5.34. The number of likely N-dealkylation sites (tertiary alicyclic amines) is 1. The molecule has 0 aromatic rings. The summed E-state index contributed by atoms with van der Waals surface area (Å²) in [4.78, 5) is 17.1. The van der Waals surface area contributed by atoms with Crippen molar-refractivity contribution in [1.82, 2.24) is 9.80 Å². The van der Waals surface area contributed by atoms with Gasteiger partial charge in [-0.3, -0.25) is 9.69 Å². The highest BCUT2D eigenvalue weighted by atomic mass is 16.2. The summed E-state index contributed by atoms with van der Waals surface area (Å²) in [7, 11) is 0. The fourth-order valence-electron chi connectivity index (χ4n) is 4.01. The van der Waals surface area contributed by atoms with Crippen LogP contribution in [0, 0.1) is 5.92 Å². The van der Waals surface area contributed by atoms with E-state index in [-0.39, 0.29) is 0 Å². The average Bonchev–Trinajstić information content (AvgIpc) is 2.92. The molecule has 2 aliphatic rings. The summed E-state index contributed by atoms with van der Waals surface area (Å²) in [5, 5.41) is 0. The summed E-state index contributed by atoms with van der Waals surface area (Å²) in [6, 6.07) is 0.527.